The van der Waals surface area contributed by atoms with Crippen LogP contribution in [0.25, 0.3) is 21.9 Å². The van der Waals surface area contributed by atoms with Crippen molar-refractivity contribution in [1.82, 2.24) is 0 Å². The summed E-state index contributed by atoms with van der Waals surface area (Å²) in [6.45, 7) is 2.25. The maximum absolute atomic E-state index is 2.34. The van der Waals surface area contributed by atoms with Crippen molar-refractivity contribution in [2.75, 3.05) is 0 Å². The van der Waals surface area contributed by atoms with Crippen molar-refractivity contribution in [2.24, 2.45) is 0 Å². The smallest absolute Gasteiger partial charge is 0.0214 e. The Bertz CT molecular complexity index is 847. The highest BCUT2D eigenvalue weighted by atomic mass is 14.3. The molecule has 0 amide bonds. The molecule has 3 aromatic rings. The maximum atomic E-state index is 2.34. The van der Waals surface area contributed by atoms with E-state index in [1.54, 1.807) is 0 Å². The van der Waals surface area contributed by atoms with Crippen molar-refractivity contribution < 1.29 is 0 Å². The molecule has 4 rings (SSSR count). The standard InChI is InChI=1S/C21H17/c1-2-17-19-12-6-4-9-16(19)14-21(17)20-13-7-10-15-8-3-5-11-18(15)20/h3-14H,2H2,1H3. The number of allylic oxidation sites excluding steroid dienone is 2. The molecule has 0 spiro atoms. The highest BCUT2D eigenvalue weighted by Gasteiger charge is 2.22. The van der Waals surface area contributed by atoms with Crippen molar-refractivity contribution in [3.63, 3.8) is 0 Å². The van der Waals surface area contributed by atoms with Gasteiger partial charge in [-0.3, -0.25) is 0 Å². The van der Waals surface area contributed by atoms with Gasteiger partial charge >= 0.3 is 0 Å². The Hall–Kier alpha value is -2.34. The first-order chi connectivity index (χ1) is 10.4. The molecule has 0 nitrogen and oxygen atoms in total. The molecule has 0 heteroatoms. The minimum atomic E-state index is 1.06. The quantitative estimate of drug-likeness (QED) is 0.557. The molecule has 0 heterocycles. The minimum absolute atomic E-state index is 1.06. The Morgan fingerprint density at radius 2 is 1.43 bits per heavy atom. The summed E-state index contributed by atoms with van der Waals surface area (Å²) >= 11 is 0. The fourth-order valence-electron chi connectivity index (χ4n) is 3.37. The Morgan fingerprint density at radius 3 is 2.33 bits per heavy atom. The topological polar surface area (TPSA) is 0 Å². The molecule has 101 valence electrons. The molecule has 0 aliphatic heterocycles. The van der Waals surface area contributed by atoms with Crippen LogP contribution in [0.1, 0.15) is 30.0 Å². The van der Waals surface area contributed by atoms with Gasteiger partial charge in [-0.25, -0.2) is 0 Å². The highest BCUT2D eigenvalue weighted by Crippen LogP contribution is 2.43. The minimum Gasteiger partial charge on any atom is -0.0619 e. The lowest BCUT2D eigenvalue weighted by Gasteiger charge is -2.10. The molecule has 0 N–H and O–H groups in total. The second-order valence-corrected chi connectivity index (χ2v) is 5.50. The Morgan fingerprint density at radius 1 is 0.714 bits per heavy atom. The van der Waals surface area contributed by atoms with Gasteiger partial charge in [-0.1, -0.05) is 73.7 Å². The van der Waals surface area contributed by atoms with Gasteiger partial charge in [0.2, 0.25) is 0 Å². The molecule has 1 aliphatic carbocycles. The van der Waals surface area contributed by atoms with Crippen LogP contribution in [0.5, 0.6) is 0 Å². The van der Waals surface area contributed by atoms with E-state index in [0.29, 0.717) is 0 Å². The third-order valence-electron chi connectivity index (χ3n) is 4.34. The summed E-state index contributed by atoms with van der Waals surface area (Å²) in [5, 5.41) is 2.65. The summed E-state index contributed by atoms with van der Waals surface area (Å²) in [7, 11) is 0. The van der Waals surface area contributed by atoms with E-state index in [9.17, 15) is 0 Å². The van der Waals surface area contributed by atoms with Crippen LogP contribution < -0.4 is 0 Å². The van der Waals surface area contributed by atoms with E-state index in [1.165, 1.54) is 38.6 Å². The maximum Gasteiger partial charge on any atom is 0.0214 e. The molecule has 21 heavy (non-hydrogen) atoms. The molecule has 1 aliphatic rings. The predicted molar refractivity (Wildman–Crippen MR) is 90.9 cm³/mol. The summed E-state index contributed by atoms with van der Waals surface area (Å²) in [5.41, 5.74) is 6.93. The monoisotopic (exact) mass is 269 g/mol. The van der Waals surface area contributed by atoms with Gasteiger partial charge in [-0.05, 0) is 45.0 Å². The van der Waals surface area contributed by atoms with Crippen LogP contribution >= 0.6 is 0 Å². The molecule has 0 fully saturated rings. The van der Waals surface area contributed by atoms with Crippen molar-refractivity contribution in [1.29, 1.82) is 0 Å². The van der Waals surface area contributed by atoms with E-state index in [0.717, 1.165) is 6.42 Å². The Labute approximate surface area is 125 Å². The lowest BCUT2D eigenvalue weighted by atomic mass is 9.94. The van der Waals surface area contributed by atoms with Crippen molar-refractivity contribution in [2.45, 2.75) is 13.3 Å². The lowest BCUT2D eigenvalue weighted by Crippen LogP contribution is -1.87. The molecule has 0 atom stereocenters. The predicted octanol–water partition coefficient (Wildman–Crippen LogP) is 5.73. The van der Waals surface area contributed by atoms with Gasteiger partial charge < -0.3 is 0 Å². The normalized spacial score (nSPS) is 13.8. The third kappa shape index (κ3) is 1.91. The number of fused-ring (bicyclic) bond motifs is 2. The fourth-order valence-corrected chi connectivity index (χ4v) is 3.37. The molecule has 0 aromatic heterocycles. The number of rotatable bonds is 2. The molecule has 0 unspecified atom stereocenters. The Balaban J connectivity index is 1.98. The van der Waals surface area contributed by atoms with Crippen LogP contribution in [0.4, 0.5) is 0 Å². The van der Waals surface area contributed by atoms with Crippen LogP contribution in [0, 0.1) is 6.42 Å². The summed E-state index contributed by atoms with van der Waals surface area (Å²) < 4.78 is 0. The molecule has 3 aromatic carbocycles. The van der Waals surface area contributed by atoms with E-state index in [1.807, 2.05) is 0 Å². The molecule has 0 bridgehead atoms. The molecule has 0 saturated carbocycles. The summed E-state index contributed by atoms with van der Waals surface area (Å²) in [4.78, 5) is 0. The van der Waals surface area contributed by atoms with Gasteiger partial charge in [0, 0.05) is 6.42 Å². The van der Waals surface area contributed by atoms with Gasteiger partial charge in [0.1, 0.15) is 0 Å². The van der Waals surface area contributed by atoms with Gasteiger partial charge in [-0.15, -0.1) is 0 Å². The average Bonchev–Trinajstić information content (AvgIpc) is 2.92. The van der Waals surface area contributed by atoms with E-state index >= 15 is 0 Å². The molecular weight excluding hydrogens is 252 g/mol. The van der Waals surface area contributed by atoms with Crippen LogP contribution in [-0.4, -0.2) is 0 Å². The molecule has 0 saturated heterocycles. The van der Waals surface area contributed by atoms with Crippen LogP contribution in [0.2, 0.25) is 0 Å². The first-order valence-corrected chi connectivity index (χ1v) is 7.54. The fraction of sp³-hybridized carbons (Fsp3) is 0.0952. The molecular formula is C21H17. The second-order valence-electron chi connectivity index (χ2n) is 5.50. The van der Waals surface area contributed by atoms with E-state index in [4.69, 9.17) is 0 Å². The summed E-state index contributed by atoms with van der Waals surface area (Å²) in [5.74, 6) is 0. The molecule has 1 radical (unpaired) electrons. The van der Waals surface area contributed by atoms with Crippen LogP contribution in [0.3, 0.4) is 0 Å². The zero-order valence-corrected chi connectivity index (χ0v) is 12.1. The van der Waals surface area contributed by atoms with Gasteiger partial charge in [0.25, 0.3) is 0 Å². The highest BCUT2D eigenvalue weighted by molar-refractivity contribution is 6.08. The van der Waals surface area contributed by atoms with Gasteiger partial charge in [0.15, 0.2) is 0 Å². The zero-order chi connectivity index (χ0) is 14.2. The van der Waals surface area contributed by atoms with Crippen molar-refractivity contribution in [3.05, 3.63) is 89.8 Å². The largest absolute Gasteiger partial charge is 0.0619 e. The SMILES string of the molecule is CCC1=C(c2cccc3ccccc23)[CH]c2ccccc21. The third-order valence-corrected chi connectivity index (χ3v) is 4.34. The van der Waals surface area contributed by atoms with Crippen LogP contribution in [0.15, 0.2) is 66.7 Å². The van der Waals surface area contributed by atoms with Gasteiger partial charge in [-0.2, -0.15) is 0 Å². The number of benzene rings is 3. The second kappa shape index (κ2) is 4.89. The van der Waals surface area contributed by atoms with E-state index < -0.39 is 0 Å². The van der Waals surface area contributed by atoms with Crippen LogP contribution in [-0.2, 0) is 0 Å². The first-order valence-electron chi connectivity index (χ1n) is 7.54. The number of hydrogen-bond donors (Lipinski definition) is 0. The average molecular weight is 269 g/mol. The Kier molecular flexibility index (Phi) is 2.89. The summed E-state index contributed by atoms with van der Waals surface area (Å²) in [6.07, 6.45) is 3.40. The van der Waals surface area contributed by atoms with Crippen molar-refractivity contribution >= 4 is 21.9 Å². The lowest BCUT2D eigenvalue weighted by molar-refractivity contribution is 1.25. The first kappa shape index (κ1) is 12.4. The van der Waals surface area contributed by atoms with E-state index in [-0.39, 0.29) is 0 Å². The summed E-state index contributed by atoms with van der Waals surface area (Å²) in [6, 6.07) is 23.9. The zero-order valence-electron chi connectivity index (χ0n) is 12.1. The van der Waals surface area contributed by atoms with Gasteiger partial charge in [0.05, 0.1) is 0 Å². The van der Waals surface area contributed by atoms with Crippen molar-refractivity contribution in [3.8, 4) is 0 Å². The van der Waals surface area contributed by atoms with E-state index in [2.05, 4.69) is 80.1 Å². The number of hydrogen-bond acceptors (Lipinski definition) is 0.